The van der Waals surface area contributed by atoms with Gasteiger partial charge in [0.25, 0.3) is 0 Å². The van der Waals surface area contributed by atoms with Crippen LogP contribution in [0.2, 0.25) is 0 Å². The Labute approximate surface area is 171 Å². The largest absolute Gasteiger partial charge is 0.697 e. The lowest BCUT2D eigenvalue weighted by Crippen LogP contribution is -2.50. The van der Waals surface area contributed by atoms with Crippen LogP contribution in [0.4, 0.5) is 0 Å². The summed E-state index contributed by atoms with van der Waals surface area (Å²) in [4.78, 5) is 2.34. The molecule has 0 aliphatic carbocycles. The predicted octanol–water partition coefficient (Wildman–Crippen LogP) is 6.26. The summed E-state index contributed by atoms with van der Waals surface area (Å²) in [6.07, 6.45) is 1.94. The normalized spacial score (nSPS) is 16.1. The molecule has 0 amide bonds. The molecule has 4 aromatic rings. The van der Waals surface area contributed by atoms with Gasteiger partial charge in [-0.1, -0.05) is 67.9 Å². The van der Waals surface area contributed by atoms with Gasteiger partial charge in [-0.05, 0) is 44.3 Å². The van der Waals surface area contributed by atoms with Crippen molar-refractivity contribution in [3.8, 4) is 0 Å². The quantitative estimate of drug-likeness (QED) is 0.197. The maximum absolute atomic E-state index is 11.8. The molecule has 1 aliphatic heterocycles. The maximum Gasteiger partial charge on any atom is 0.697 e. The highest BCUT2D eigenvalue weighted by Gasteiger charge is 2.36. The van der Waals surface area contributed by atoms with Crippen LogP contribution in [0, 0.1) is 0 Å². The van der Waals surface area contributed by atoms with E-state index < -0.39 is 8.25 Å². The first-order valence-electron chi connectivity index (χ1n) is 10.4. The van der Waals surface area contributed by atoms with E-state index in [2.05, 4.69) is 66.4 Å². The van der Waals surface area contributed by atoms with Crippen LogP contribution < -0.4 is 0 Å². The van der Waals surface area contributed by atoms with Crippen LogP contribution in [0.5, 0.6) is 0 Å². The van der Waals surface area contributed by atoms with Crippen LogP contribution in [0.15, 0.2) is 54.6 Å². The van der Waals surface area contributed by atoms with Gasteiger partial charge in [-0.3, -0.25) is 4.90 Å². The Morgan fingerprint density at radius 3 is 2.41 bits per heavy atom. The third-order valence-electron chi connectivity index (χ3n) is 5.87. The molecule has 1 atom stereocenters. The molecule has 1 fully saturated rings. The SMILES string of the molecule is CCCCO[P+](=O)OC1CN(Cc2ccc3ccc4cccc5ccc2c3c45)C1. The fourth-order valence-corrected chi connectivity index (χ4v) is 5.04. The standard InChI is InChI=1S/C24H25NO3P/c1-2-3-13-27-29(26)28-21-15-25(16-21)14-20-10-9-19-8-7-17-5-4-6-18-11-12-22(20)24(19)23(17)18/h4-12,21H,2-3,13-16H2,1H3/q+1. The van der Waals surface area contributed by atoms with Crippen molar-refractivity contribution < 1.29 is 13.6 Å². The Morgan fingerprint density at radius 1 is 0.966 bits per heavy atom. The van der Waals surface area contributed by atoms with Crippen molar-refractivity contribution in [1.29, 1.82) is 0 Å². The minimum Gasteiger partial charge on any atom is -0.293 e. The molecule has 0 N–H and O–H groups in total. The van der Waals surface area contributed by atoms with Gasteiger partial charge >= 0.3 is 8.25 Å². The molecule has 0 aromatic heterocycles. The van der Waals surface area contributed by atoms with Gasteiger partial charge in [0.05, 0.1) is 0 Å². The molecule has 0 saturated carbocycles. The molecule has 0 spiro atoms. The highest BCUT2D eigenvalue weighted by molar-refractivity contribution is 7.33. The number of benzene rings is 4. The molecule has 29 heavy (non-hydrogen) atoms. The van der Waals surface area contributed by atoms with Gasteiger partial charge in [0.2, 0.25) is 0 Å². The lowest BCUT2D eigenvalue weighted by atomic mass is 9.91. The van der Waals surface area contributed by atoms with E-state index >= 15 is 0 Å². The van der Waals surface area contributed by atoms with E-state index in [1.807, 2.05) is 0 Å². The smallest absolute Gasteiger partial charge is 0.293 e. The van der Waals surface area contributed by atoms with Gasteiger partial charge in [0.1, 0.15) is 12.7 Å². The van der Waals surface area contributed by atoms with Gasteiger partial charge in [0.15, 0.2) is 0 Å². The third-order valence-corrected chi connectivity index (χ3v) is 6.73. The lowest BCUT2D eigenvalue weighted by molar-refractivity contribution is 0.00945. The summed E-state index contributed by atoms with van der Waals surface area (Å²) in [6.45, 7) is 5.05. The second-order valence-electron chi connectivity index (χ2n) is 7.91. The first-order valence-corrected chi connectivity index (χ1v) is 11.5. The zero-order valence-corrected chi connectivity index (χ0v) is 17.5. The average Bonchev–Trinajstić information content (AvgIpc) is 2.71. The summed E-state index contributed by atoms with van der Waals surface area (Å²) < 4.78 is 22.6. The highest BCUT2D eigenvalue weighted by atomic mass is 31.1. The van der Waals surface area contributed by atoms with E-state index in [9.17, 15) is 4.57 Å². The van der Waals surface area contributed by atoms with Crippen LogP contribution in [-0.4, -0.2) is 30.7 Å². The molecular weight excluding hydrogens is 381 g/mol. The second-order valence-corrected chi connectivity index (χ2v) is 8.83. The summed E-state index contributed by atoms with van der Waals surface area (Å²) >= 11 is 0. The number of hydrogen-bond acceptors (Lipinski definition) is 4. The zero-order chi connectivity index (χ0) is 19.8. The maximum atomic E-state index is 11.8. The van der Waals surface area contributed by atoms with Gasteiger partial charge in [-0.2, -0.15) is 0 Å². The number of nitrogens with zero attached hydrogens (tertiary/aromatic N) is 1. The van der Waals surface area contributed by atoms with Crippen molar-refractivity contribution in [1.82, 2.24) is 4.90 Å². The molecule has 4 aromatic carbocycles. The lowest BCUT2D eigenvalue weighted by Gasteiger charge is -2.35. The van der Waals surface area contributed by atoms with E-state index in [0.29, 0.717) is 6.61 Å². The molecule has 1 aliphatic rings. The minimum absolute atomic E-state index is 0.0000229. The number of rotatable bonds is 8. The molecule has 0 radical (unpaired) electrons. The van der Waals surface area contributed by atoms with Crippen LogP contribution in [-0.2, 0) is 20.2 Å². The van der Waals surface area contributed by atoms with Crippen LogP contribution in [0.1, 0.15) is 25.3 Å². The molecule has 1 heterocycles. The number of unbranched alkanes of at least 4 members (excludes halogenated alkanes) is 1. The molecule has 1 unspecified atom stereocenters. The molecule has 148 valence electrons. The van der Waals surface area contributed by atoms with Crippen molar-refractivity contribution in [2.75, 3.05) is 19.7 Å². The Morgan fingerprint density at radius 2 is 1.66 bits per heavy atom. The summed E-state index contributed by atoms with van der Waals surface area (Å²) in [5.41, 5.74) is 1.33. The Bertz CT molecular complexity index is 1150. The van der Waals surface area contributed by atoms with Gasteiger partial charge in [-0.25, -0.2) is 0 Å². The van der Waals surface area contributed by atoms with Crippen molar-refractivity contribution in [2.45, 2.75) is 32.4 Å². The molecule has 0 bridgehead atoms. The average molecular weight is 406 g/mol. The van der Waals surface area contributed by atoms with Crippen molar-refractivity contribution >= 4 is 40.6 Å². The summed E-state index contributed by atoms with van der Waals surface area (Å²) in [5.74, 6) is 0. The van der Waals surface area contributed by atoms with E-state index in [0.717, 1.165) is 32.5 Å². The highest BCUT2D eigenvalue weighted by Crippen LogP contribution is 2.37. The fraction of sp³-hybridized carbons (Fsp3) is 0.333. The van der Waals surface area contributed by atoms with Crippen LogP contribution in [0.3, 0.4) is 0 Å². The monoisotopic (exact) mass is 406 g/mol. The molecule has 1 saturated heterocycles. The molecular formula is C24H25NO3P+. The van der Waals surface area contributed by atoms with Gasteiger partial charge in [0, 0.05) is 24.2 Å². The first-order chi connectivity index (χ1) is 14.2. The van der Waals surface area contributed by atoms with Crippen LogP contribution >= 0.6 is 8.25 Å². The summed E-state index contributed by atoms with van der Waals surface area (Å²) in [5, 5.41) is 7.92. The third kappa shape index (κ3) is 3.62. The second kappa shape index (κ2) is 7.97. The topological polar surface area (TPSA) is 38.8 Å². The van der Waals surface area contributed by atoms with Gasteiger partial charge < -0.3 is 0 Å². The Hall–Kier alpha value is -2.10. The Kier molecular flexibility index (Phi) is 5.19. The number of likely N-dealkylation sites (tertiary alicyclic amines) is 1. The van der Waals surface area contributed by atoms with Crippen LogP contribution in [0.25, 0.3) is 32.3 Å². The zero-order valence-electron chi connectivity index (χ0n) is 16.6. The first kappa shape index (κ1) is 18.9. The predicted molar refractivity (Wildman–Crippen MR) is 119 cm³/mol. The van der Waals surface area contributed by atoms with E-state index in [4.69, 9.17) is 9.05 Å². The van der Waals surface area contributed by atoms with Crippen molar-refractivity contribution in [3.63, 3.8) is 0 Å². The van der Waals surface area contributed by atoms with Gasteiger partial charge in [-0.15, -0.1) is 9.05 Å². The minimum atomic E-state index is -2.00. The van der Waals surface area contributed by atoms with Crippen molar-refractivity contribution in [2.24, 2.45) is 0 Å². The van der Waals surface area contributed by atoms with E-state index in [1.165, 1.54) is 37.9 Å². The fourth-order valence-electron chi connectivity index (χ4n) is 4.33. The summed E-state index contributed by atoms with van der Waals surface area (Å²) in [6, 6.07) is 19.9. The molecule has 4 nitrogen and oxygen atoms in total. The van der Waals surface area contributed by atoms with E-state index in [1.54, 1.807) is 0 Å². The van der Waals surface area contributed by atoms with Crippen molar-refractivity contribution in [3.05, 3.63) is 60.2 Å². The Balaban J connectivity index is 1.31. The summed E-state index contributed by atoms with van der Waals surface area (Å²) in [7, 11) is -2.00. The molecule has 5 rings (SSSR count). The van der Waals surface area contributed by atoms with E-state index in [-0.39, 0.29) is 6.10 Å². The molecule has 5 heteroatoms. The number of hydrogen-bond donors (Lipinski definition) is 0.